The second-order valence-corrected chi connectivity index (χ2v) is 7.89. The van der Waals surface area contributed by atoms with Gasteiger partial charge in [-0.1, -0.05) is 6.07 Å². The molecule has 0 bridgehead atoms. The maximum absolute atomic E-state index is 12.7. The maximum atomic E-state index is 12.7. The van der Waals surface area contributed by atoms with E-state index < -0.39 is 0 Å². The minimum absolute atomic E-state index is 0.276. The zero-order valence-corrected chi connectivity index (χ0v) is 13.9. The van der Waals surface area contributed by atoms with Gasteiger partial charge in [-0.25, -0.2) is 0 Å². The minimum Gasteiger partial charge on any atom is -0.342 e. The van der Waals surface area contributed by atoms with E-state index in [1.165, 1.54) is 45.3 Å². The van der Waals surface area contributed by atoms with Gasteiger partial charge in [0.05, 0.1) is 6.42 Å². The Morgan fingerprint density at radius 3 is 2.96 bits per heavy atom. The van der Waals surface area contributed by atoms with Crippen LogP contribution in [0.4, 0.5) is 0 Å². The SMILES string of the molecule is O=C(Cc1cccnc1)N1CCCC2(CCN(CC3CC3)C2)C1. The highest BCUT2D eigenvalue weighted by Gasteiger charge is 2.43. The summed E-state index contributed by atoms with van der Waals surface area (Å²) in [5, 5.41) is 0. The number of pyridine rings is 1. The molecular weight excluding hydrogens is 286 g/mol. The molecule has 3 aliphatic rings. The molecule has 2 saturated heterocycles. The van der Waals surface area contributed by atoms with Crippen molar-refractivity contribution in [3.8, 4) is 0 Å². The average Bonchev–Trinajstić information content (AvgIpc) is 3.30. The number of rotatable bonds is 4. The van der Waals surface area contributed by atoms with Gasteiger partial charge in [-0.3, -0.25) is 9.78 Å². The lowest BCUT2D eigenvalue weighted by Crippen LogP contribution is -2.47. The molecule has 1 aliphatic carbocycles. The maximum Gasteiger partial charge on any atom is 0.227 e. The summed E-state index contributed by atoms with van der Waals surface area (Å²) in [5.41, 5.74) is 1.40. The van der Waals surface area contributed by atoms with Gasteiger partial charge in [-0.15, -0.1) is 0 Å². The van der Waals surface area contributed by atoms with Gasteiger partial charge < -0.3 is 9.80 Å². The predicted octanol–water partition coefficient (Wildman–Crippen LogP) is 2.35. The van der Waals surface area contributed by atoms with Crippen molar-refractivity contribution in [2.24, 2.45) is 11.3 Å². The van der Waals surface area contributed by atoms with E-state index >= 15 is 0 Å². The molecule has 1 saturated carbocycles. The number of aromatic nitrogens is 1. The minimum atomic E-state index is 0.276. The second-order valence-electron chi connectivity index (χ2n) is 7.89. The van der Waals surface area contributed by atoms with Gasteiger partial charge in [0.25, 0.3) is 0 Å². The summed E-state index contributed by atoms with van der Waals surface area (Å²) < 4.78 is 0. The van der Waals surface area contributed by atoms with Crippen LogP contribution in [0.2, 0.25) is 0 Å². The van der Waals surface area contributed by atoms with E-state index in [2.05, 4.69) is 14.8 Å². The van der Waals surface area contributed by atoms with Crippen LogP contribution >= 0.6 is 0 Å². The van der Waals surface area contributed by atoms with Gasteiger partial charge in [0, 0.05) is 44.0 Å². The average molecular weight is 313 g/mol. The number of likely N-dealkylation sites (tertiary alicyclic amines) is 2. The van der Waals surface area contributed by atoms with Crippen molar-refractivity contribution in [1.82, 2.24) is 14.8 Å². The molecule has 1 unspecified atom stereocenters. The Labute approximate surface area is 138 Å². The van der Waals surface area contributed by atoms with Crippen molar-refractivity contribution >= 4 is 5.91 Å². The van der Waals surface area contributed by atoms with E-state index in [1.54, 1.807) is 6.20 Å². The van der Waals surface area contributed by atoms with Crippen molar-refractivity contribution in [1.29, 1.82) is 0 Å². The molecular formula is C19H27N3O. The molecule has 4 heteroatoms. The molecule has 124 valence electrons. The lowest BCUT2D eigenvalue weighted by atomic mass is 9.79. The molecule has 2 aliphatic heterocycles. The van der Waals surface area contributed by atoms with Crippen LogP contribution in [-0.2, 0) is 11.2 Å². The lowest BCUT2D eigenvalue weighted by Gasteiger charge is -2.40. The van der Waals surface area contributed by atoms with Crippen molar-refractivity contribution < 1.29 is 4.79 Å². The number of nitrogens with zero attached hydrogens (tertiary/aromatic N) is 3. The lowest BCUT2D eigenvalue weighted by molar-refractivity contribution is -0.133. The largest absolute Gasteiger partial charge is 0.342 e. The molecule has 1 aromatic rings. The first-order valence-corrected chi connectivity index (χ1v) is 9.12. The van der Waals surface area contributed by atoms with E-state index in [-0.39, 0.29) is 5.91 Å². The Balaban J connectivity index is 1.36. The summed E-state index contributed by atoms with van der Waals surface area (Å²) in [6.07, 6.45) is 10.7. The Morgan fingerprint density at radius 1 is 1.26 bits per heavy atom. The molecule has 1 atom stereocenters. The normalized spacial score (nSPS) is 28.4. The standard InChI is InChI=1S/C19H27N3O/c23-18(11-17-3-1-8-20-12-17)22-9-2-6-19(15-22)7-10-21(14-19)13-16-4-5-16/h1,3,8,12,16H,2,4-7,9-11,13-15H2. The van der Waals surface area contributed by atoms with Crippen LogP contribution in [0.25, 0.3) is 0 Å². The van der Waals surface area contributed by atoms with Gasteiger partial charge in [-0.05, 0) is 56.2 Å². The molecule has 4 nitrogen and oxygen atoms in total. The van der Waals surface area contributed by atoms with E-state index in [9.17, 15) is 4.79 Å². The van der Waals surface area contributed by atoms with Gasteiger partial charge in [0.15, 0.2) is 0 Å². The third-order valence-corrected chi connectivity index (χ3v) is 5.82. The quantitative estimate of drug-likeness (QED) is 0.856. The zero-order chi connectivity index (χ0) is 15.7. The molecule has 1 amide bonds. The fourth-order valence-corrected chi connectivity index (χ4v) is 4.39. The molecule has 3 heterocycles. The van der Waals surface area contributed by atoms with Crippen molar-refractivity contribution in [2.45, 2.75) is 38.5 Å². The van der Waals surface area contributed by atoms with Crippen LogP contribution in [-0.4, -0.2) is 53.4 Å². The molecule has 3 fully saturated rings. The molecule has 0 N–H and O–H groups in total. The number of carbonyl (C=O) groups is 1. The molecule has 4 rings (SSSR count). The van der Waals surface area contributed by atoms with Crippen LogP contribution < -0.4 is 0 Å². The fourth-order valence-electron chi connectivity index (χ4n) is 4.39. The Hall–Kier alpha value is -1.42. The van der Waals surface area contributed by atoms with Crippen LogP contribution in [0.1, 0.15) is 37.7 Å². The third kappa shape index (κ3) is 3.57. The summed E-state index contributed by atoms with van der Waals surface area (Å²) in [4.78, 5) is 21.6. The summed E-state index contributed by atoms with van der Waals surface area (Å²) in [6.45, 7) is 5.64. The van der Waals surface area contributed by atoms with E-state index in [4.69, 9.17) is 0 Å². The number of piperidine rings is 1. The Bertz CT molecular complexity index is 557. The van der Waals surface area contributed by atoms with Crippen LogP contribution in [0.3, 0.4) is 0 Å². The topological polar surface area (TPSA) is 36.4 Å². The van der Waals surface area contributed by atoms with Crippen LogP contribution in [0, 0.1) is 11.3 Å². The monoisotopic (exact) mass is 313 g/mol. The first-order chi connectivity index (χ1) is 11.2. The highest BCUT2D eigenvalue weighted by atomic mass is 16.2. The number of carbonyl (C=O) groups excluding carboxylic acids is 1. The van der Waals surface area contributed by atoms with Crippen LogP contribution in [0.5, 0.6) is 0 Å². The third-order valence-electron chi connectivity index (χ3n) is 5.82. The molecule has 23 heavy (non-hydrogen) atoms. The summed E-state index contributed by atoms with van der Waals surface area (Å²) in [7, 11) is 0. The van der Waals surface area contributed by atoms with Crippen LogP contribution in [0.15, 0.2) is 24.5 Å². The fraction of sp³-hybridized carbons (Fsp3) is 0.684. The molecule has 0 radical (unpaired) electrons. The smallest absolute Gasteiger partial charge is 0.227 e. The summed E-state index contributed by atoms with van der Waals surface area (Å²) >= 11 is 0. The Kier molecular flexibility index (Phi) is 4.10. The number of amides is 1. The Morgan fingerprint density at radius 2 is 2.17 bits per heavy atom. The number of hydrogen-bond donors (Lipinski definition) is 0. The first-order valence-electron chi connectivity index (χ1n) is 9.12. The van der Waals surface area contributed by atoms with Gasteiger partial charge >= 0.3 is 0 Å². The van der Waals surface area contributed by atoms with Gasteiger partial charge in [0.1, 0.15) is 0 Å². The predicted molar refractivity (Wildman–Crippen MR) is 90.0 cm³/mol. The zero-order valence-electron chi connectivity index (χ0n) is 13.9. The first kappa shape index (κ1) is 15.1. The second kappa shape index (κ2) is 6.23. The molecule has 1 aromatic heterocycles. The highest BCUT2D eigenvalue weighted by Crippen LogP contribution is 2.41. The van der Waals surface area contributed by atoms with E-state index in [1.807, 2.05) is 18.3 Å². The highest BCUT2D eigenvalue weighted by molar-refractivity contribution is 5.78. The summed E-state index contributed by atoms with van der Waals surface area (Å²) in [6, 6.07) is 3.91. The number of hydrogen-bond acceptors (Lipinski definition) is 3. The molecule has 0 aromatic carbocycles. The molecule has 1 spiro atoms. The summed E-state index contributed by atoms with van der Waals surface area (Å²) in [5.74, 6) is 1.25. The van der Waals surface area contributed by atoms with E-state index in [0.717, 1.165) is 31.0 Å². The van der Waals surface area contributed by atoms with Crippen molar-refractivity contribution in [3.63, 3.8) is 0 Å². The van der Waals surface area contributed by atoms with Crippen molar-refractivity contribution in [2.75, 3.05) is 32.7 Å². The van der Waals surface area contributed by atoms with Gasteiger partial charge in [-0.2, -0.15) is 0 Å². The van der Waals surface area contributed by atoms with Gasteiger partial charge in [0.2, 0.25) is 5.91 Å². The van der Waals surface area contributed by atoms with Crippen molar-refractivity contribution in [3.05, 3.63) is 30.1 Å². The van der Waals surface area contributed by atoms with E-state index in [0.29, 0.717) is 11.8 Å².